The fourth-order valence-corrected chi connectivity index (χ4v) is 3.87. The van der Waals surface area contributed by atoms with Crippen molar-refractivity contribution in [2.24, 2.45) is 0 Å². The monoisotopic (exact) mass is 592 g/mol. The van der Waals surface area contributed by atoms with Gasteiger partial charge < -0.3 is 34.9 Å². The lowest BCUT2D eigenvalue weighted by molar-refractivity contribution is -0.118. The van der Waals surface area contributed by atoms with Crippen LogP contribution in [0.25, 0.3) is 10.9 Å². The number of carbonyl (C=O) groups is 2. The predicted octanol–water partition coefficient (Wildman–Crippen LogP) is 5.41. The number of nitrogens with zero attached hydrogens (tertiary/aromatic N) is 1. The zero-order chi connectivity index (χ0) is 30.8. The van der Waals surface area contributed by atoms with Gasteiger partial charge in [0.05, 0.1) is 19.2 Å². The highest BCUT2D eigenvalue weighted by Crippen LogP contribution is 2.37. The van der Waals surface area contributed by atoms with Gasteiger partial charge in [-0.1, -0.05) is 0 Å². The number of fused-ring (bicyclic) bond motifs is 1. The van der Waals surface area contributed by atoms with Gasteiger partial charge in [0.2, 0.25) is 0 Å². The smallest absolute Gasteiger partial charge is 0.262 e. The SMILES string of the molecule is CCN/C=C(\C(=O)Nc1ccc(F)cc1)C(=O)Nc1ccc(Oc2ccnc3cc(OCCOC)c(OC)cc23)c(F)c1. The molecule has 0 unspecified atom stereocenters. The van der Waals surface area contributed by atoms with Crippen molar-refractivity contribution in [2.75, 3.05) is 44.6 Å². The van der Waals surface area contributed by atoms with E-state index in [2.05, 4.69) is 20.9 Å². The van der Waals surface area contributed by atoms with Gasteiger partial charge in [-0.2, -0.15) is 0 Å². The molecule has 3 N–H and O–H groups in total. The number of aromatic nitrogens is 1. The van der Waals surface area contributed by atoms with Crippen molar-refractivity contribution in [3.63, 3.8) is 0 Å². The lowest BCUT2D eigenvalue weighted by Crippen LogP contribution is -2.27. The van der Waals surface area contributed by atoms with E-state index >= 15 is 4.39 Å². The summed E-state index contributed by atoms with van der Waals surface area (Å²) in [7, 11) is 3.07. The summed E-state index contributed by atoms with van der Waals surface area (Å²) >= 11 is 0. The molecule has 2 amide bonds. The normalized spacial score (nSPS) is 11.1. The maximum atomic E-state index is 15.2. The highest BCUT2D eigenvalue weighted by atomic mass is 19.1. The van der Waals surface area contributed by atoms with Crippen molar-refractivity contribution in [2.45, 2.75) is 6.92 Å². The number of benzene rings is 3. The number of halogens is 2. The van der Waals surface area contributed by atoms with Crippen molar-refractivity contribution in [1.29, 1.82) is 0 Å². The average molecular weight is 593 g/mol. The van der Waals surface area contributed by atoms with Crippen molar-refractivity contribution < 1.29 is 37.3 Å². The van der Waals surface area contributed by atoms with Crippen LogP contribution in [0.2, 0.25) is 0 Å². The van der Waals surface area contributed by atoms with E-state index in [9.17, 15) is 14.0 Å². The first-order chi connectivity index (χ1) is 20.8. The van der Waals surface area contributed by atoms with E-state index in [4.69, 9.17) is 18.9 Å². The molecule has 0 radical (unpaired) electrons. The zero-order valence-electron chi connectivity index (χ0n) is 23.7. The molecular weight excluding hydrogens is 562 g/mol. The first kappa shape index (κ1) is 30.7. The second-order valence-electron chi connectivity index (χ2n) is 8.95. The fraction of sp³-hybridized carbons (Fsp3) is 0.194. The Hall–Kier alpha value is -5.23. The van der Waals surface area contributed by atoms with Crippen molar-refractivity contribution in [1.82, 2.24) is 10.3 Å². The molecule has 4 aromatic rings. The third-order valence-electron chi connectivity index (χ3n) is 5.98. The maximum Gasteiger partial charge on any atom is 0.262 e. The molecule has 10 nitrogen and oxygen atoms in total. The highest BCUT2D eigenvalue weighted by molar-refractivity contribution is 6.26. The molecule has 43 heavy (non-hydrogen) atoms. The van der Waals surface area contributed by atoms with E-state index < -0.39 is 23.4 Å². The number of hydrogen-bond acceptors (Lipinski definition) is 8. The number of hydrogen-bond donors (Lipinski definition) is 3. The number of rotatable bonds is 13. The summed E-state index contributed by atoms with van der Waals surface area (Å²) in [5, 5.41) is 8.42. The number of amides is 2. The van der Waals surface area contributed by atoms with Crippen molar-refractivity contribution in [3.05, 3.63) is 90.3 Å². The van der Waals surface area contributed by atoms with Gasteiger partial charge in [0.1, 0.15) is 23.7 Å². The van der Waals surface area contributed by atoms with E-state index in [1.807, 2.05) is 0 Å². The summed E-state index contributed by atoms with van der Waals surface area (Å²) in [4.78, 5) is 30.1. The van der Waals surface area contributed by atoms with Crippen LogP contribution in [0.1, 0.15) is 6.92 Å². The first-order valence-electron chi connectivity index (χ1n) is 13.2. The Morgan fingerprint density at radius 3 is 2.23 bits per heavy atom. The Bertz CT molecular complexity index is 1630. The molecule has 0 aliphatic heterocycles. The molecule has 224 valence electrons. The molecule has 0 aliphatic rings. The van der Waals surface area contributed by atoms with Crippen LogP contribution in [0.15, 0.2) is 78.6 Å². The van der Waals surface area contributed by atoms with Crippen LogP contribution in [0.5, 0.6) is 23.0 Å². The summed E-state index contributed by atoms with van der Waals surface area (Å²) < 4.78 is 50.4. The Morgan fingerprint density at radius 1 is 0.837 bits per heavy atom. The number of anilines is 2. The summed E-state index contributed by atoms with van der Waals surface area (Å²) in [6, 6.07) is 13.9. The van der Waals surface area contributed by atoms with Crippen LogP contribution < -0.4 is 30.2 Å². The van der Waals surface area contributed by atoms with Crippen molar-refractivity contribution in [3.8, 4) is 23.0 Å². The third kappa shape index (κ3) is 7.95. The Kier molecular flexibility index (Phi) is 10.4. The Morgan fingerprint density at radius 2 is 1.56 bits per heavy atom. The third-order valence-corrected chi connectivity index (χ3v) is 5.98. The molecule has 0 aliphatic carbocycles. The minimum atomic E-state index is -0.788. The second-order valence-corrected chi connectivity index (χ2v) is 8.95. The molecule has 1 aromatic heterocycles. The van der Waals surface area contributed by atoms with Crippen molar-refractivity contribution >= 4 is 34.1 Å². The molecule has 0 saturated carbocycles. The molecule has 0 saturated heterocycles. The van der Waals surface area contributed by atoms with Crippen LogP contribution in [-0.2, 0) is 14.3 Å². The molecule has 12 heteroatoms. The van der Waals surface area contributed by atoms with Gasteiger partial charge in [0.15, 0.2) is 23.1 Å². The van der Waals surface area contributed by atoms with Gasteiger partial charge >= 0.3 is 0 Å². The van der Waals surface area contributed by atoms with Gasteiger partial charge in [-0.25, -0.2) is 8.78 Å². The first-order valence-corrected chi connectivity index (χ1v) is 13.2. The summed E-state index contributed by atoms with van der Waals surface area (Å²) in [6.45, 7) is 2.94. The second kappa shape index (κ2) is 14.6. The Balaban J connectivity index is 1.51. The van der Waals surface area contributed by atoms with Gasteiger partial charge in [0.25, 0.3) is 11.8 Å². The average Bonchev–Trinajstić information content (AvgIpc) is 2.99. The van der Waals surface area contributed by atoms with Crippen LogP contribution in [0.3, 0.4) is 0 Å². The van der Waals surface area contributed by atoms with E-state index in [-0.39, 0.29) is 17.0 Å². The Labute approximate surface area is 246 Å². The highest BCUT2D eigenvalue weighted by Gasteiger charge is 2.20. The summed E-state index contributed by atoms with van der Waals surface area (Å²) in [5.41, 5.74) is 0.653. The van der Waals surface area contributed by atoms with Crippen LogP contribution in [0.4, 0.5) is 20.2 Å². The van der Waals surface area contributed by atoms with Crippen LogP contribution in [-0.4, -0.2) is 50.8 Å². The summed E-state index contributed by atoms with van der Waals surface area (Å²) in [5.74, 6) is -1.65. The van der Waals surface area contributed by atoms with Gasteiger partial charge in [0, 0.05) is 54.9 Å². The molecule has 0 spiro atoms. The molecule has 0 bridgehead atoms. The standard InChI is InChI=1S/C31H30F2N4O6/c1-4-34-18-23(30(38)36-20-7-5-19(32)6-8-20)31(39)37-21-9-10-27(24(33)15-21)43-26-11-12-35-25-17-29(42-14-13-40-2)28(41-3)16-22(25)26/h5-12,15-18,34H,4,13-14H2,1-3H3,(H,36,38)(H,37,39)/b23-18+. The maximum absolute atomic E-state index is 15.2. The zero-order valence-corrected chi connectivity index (χ0v) is 23.7. The van der Waals surface area contributed by atoms with Crippen LogP contribution in [0, 0.1) is 11.6 Å². The topological polar surface area (TPSA) is 120 Å². The van der Waals surface area contributed by atoms with Gasteiger partial charge in [-0.05, 0) is 55.5 Å². The summed E-state index contributed by atoms with van der Waals surface area (Å²) in [6.07, 6.45) is 2.77. The number of carbonyl (C=O) groups excluding carboxylic acids is 2. The number of nitrogens with one attached hydrogen (secondary N) is 3. The minimum Gasteiger partial charge on any atom is -0.493 e. The van der Waals surface area contributed by atoms with Gasteiger partial charge in [-0.15, -0.1) is 0 Å². The molecule has 0 atom stereocenters. The molecule has 1 heterocycles. The molecule has 0 fully saturated rings. The molecule has 3 aromatic carbocycles. The van der Waals surface area contributed by atoms with E-state index in [0.29, 0.717) is 53.6 Å². The van der Waals surface area contributed by atoms with Gasteiger partial charge in [-0.3, -0.25) is 14.6 Å². The predicted molar refractivity (Wildman–Crippen MR) is 158 cm³/mol. The number of ether oxygens (including phenoxy) is 4. The minimum absolute atomic E-state index is 0.0888. The van der Waals surface area contributed by atoms with Crippen LogP contribution >= 0.6 is 0 Å². The molecular formula is C31H30F2N4O6. The largest absolute Gasteiger partial charge is 0.493 e. The number of methoxy groups -OCH3 is 2. The van der Waals surface area contributed by atoms with E-state index in [1.165, 1.54) is 55.9 Å². The number of pyridine rings is 1. The van der Waals surface area contributed by atoms with E-state index in [0.717, 1.165) is 6.07 Å². The van der Waals surface area contributed by atoms with E-state index in [1.54, 1.807) is 32.2 Å². The quantitative estimate of drug-likeness (QED) is 0.0816. The fourth-order valence-electron chi connectivity index (χ4n) is 3.87. The molecule has 4 rings (SSSR count). The lowest BCUT2D eigenvalue weighted by Gasteiger charge is -2.14. The lowest BCUT2D eigenvalue weighted by atomic mass is 10.1.